The Morgan fingerprint density at radius 2 is 1.78 bits per heavy atom. The largest absolute Gasteiger partial charge is 0.478 e. The van der Waals surface area contributed by atoms with Gasteiger partial charge in [-0.25, -0.2) is 4.79 Å². The van der Waals surface area contributed by atoms with Gasteiger partial charge in [-0.15, -0.1) is 0 Å². The Hall–Kier alpha value is -2.63. The van der Waals surface area contributed by atoms with Crippen molar-refractivity contribution in [2.24, 2.45) is 5.73 Å². The number of hydrogen-bond donors (Lipinski definition) is 3. The fourth-order valence-electron chi connectivity index (χ4n) is 1.15. The average Bonchev–Trinajstić information content (AvgIpc) is 2.29. The van der Waals surface area contributed by atoms with Crippen LogP contribution in [0.1, 0.15) is 17.3 Å². The minimum absolute atomic E-state index is 0.0683. The van der Waals surface area contributed by atoms with Gasteiger partial charge in [-0.2, -0.15) is 0 Å². The quantitative estimate of drug-likeness (QED) is 0.683. The summed E-state index contributed by atoms with van der Waals surface area (Å²) >= 11 is 0. The number of hydrogen-bond acceptors (Lipinski definition) is 3. The van der Waals surface area contributed by atoms with E-state index in [1.807, 2.05) is 0 Å². The zero-order valence-electron chi connectivity index (χ0n) is 9.64. The summed E-state index contributed by atoms with van der Waals surface area (Å²) in [7, 11) is 0. The number of carboxylic acids is 1. The predicted octanol–water partition coefficient (Wildman–Crippen LogP) is 0.755. The molecule has 0 spiro atoms. The monoisotopic (exact) mass is 248 g/mol. The smallest absolute Gasteiger partial charge is 0.331 e. The number of amides is 2. The first-order valence-corrected chi connectivity index (χ1v) is 5.02. The topological polar surface area (TPSA) is 109 Å². The molecule has 18 heavy (non-hydrogen) atoms. The molecule has 4 N–H and O–H groups in total. The summed E-state index contributed by atoms with van der Waals surface area (Å²) in [5, 5.41) is 11.1. The second-order valence-corrected chi connectivity index (χ2v) is 3.56. The molecule has 1 rings (SSSR count). The fraction of sp³-hybridized carbons (Fsp3) is 0.0833. The zero-order chi connectivity index (χ0) is 13.7. The van der Waals surface area contributed by atoms with Crippen molar-refractivity contribution in [3.05, 3.63) is 41.5 Å². The van der Waals surface area contributed by atoms with Gasteiger partial charge < -0.3 is 16.2 Å². The molecule has 0 saturated carbocycles. The summed E-state index contributed by atoms with van der Waals surface area (Å²) in [6, 6.07) is 5.93. The molecular formula is C12H12N2O4. The molecule has 0 aliphatic carbocycles. The Balaban J connectivity index is 2.74. The minimum Gasteiger partial charge on any atom is -0.478 e. The fourth-order valence-corrected chi connectivity index (χ4v) is 1.15. The molecule has 0 saturated heterocycles. The average molecular weight is 248 g/mol. The number of primary amides is 1. The standard InChI is InChI=1S/C12H12N2O4/c1-7(12(17)18)6-10(15)14-9-4-2-8(3-5-9)11(13)16/h2-6H,1H3,(H2,13,16)(H,14,15)(H,17,18)/b7-6+. The Morgan fingerprint density at radius 3 is 2.22 bits per heavy atom. The maximum Gasteiger partial charge on any atom is 0.331 e. The van der Waals surface area contributed by atoms with E-state index in [4.69, 9.17) is 10.8 Å². The molecule has 6 nitrogen and oxygen atoms in total. The van der Waals surface area contributed by atoms with Crippen molar-refractivity contribution >= 4 is 23.5 Å². The van der Waals surface area contributed by atoms with E-state index in [1.165, 1.54) is 31.2 Å². The number of rotatable bonds is 4. The van der Waals surface area contributed by atoms with Crippen LogP contribution in [0.25, 0.3) is 0 Å². The van der Waals surface area contributed by atoms with Crippen molar-refractivity contribution in [3.63, 3.8) is 0 Å². The number of nitrogens with two attached hydrogens (primary N) is 1. The van der Waals surface area contributed by atoms with Crippen molar-refractivity contribution < 1.29 is 19.5 Å². The van der Waals surface area contributed by atoms with Crippen LogP contribution in [0.4, 0.5) is 5.69 Å². The van der Waals surface area contributed by atoms with Crippen molar-refractivity contribution in [3.8, 4) is 0 Å². The summed E-state index contributed by atoms with van der Waals surface area (Å²) in [5.74, 6) is -2.27. The molecule has 0 aromatic heterocycles. The summed E-state index contributed by atoms with van der Waals surface area (Å²) in [4.78, 5) is 32.7. The highest BCUT2D eigenvalue weighted by atomic mass is 16.4. The van der Waals surface area contributed by atoms with E-state index in [0.29, 0.717) is 11.3 Å². The SMILES string of the molecule is C/C(=C\C(=O)Nc1ccc(C(N)=O)cc1)C(=O)O. The van der Waals surface area contributed by atoms with Crippen LogP contribution in [0.15, 0.2) is 35.9 Å². The second-order valence-electron chi connectivity index (χ2n) is 3.56. The molecule has 1 aromatic carbocycles. The van der Waals surface area contributed by atoms with E-state index in [1.54, 1.807) is 0 Å². The van der Waals surface area contributed by atoms with Crippen LogP contribution in [0, 0.1) is 0 Å². The molecular weight excluding hydrogens is 236 g/mol. The molecule has 0 aliphatic rings. The summed E-state index contributed by atoms with van der Waals surface area (Å²) in [6.07, 6.45) is 0.977. The van der Waals surface area contributed by atoms with Crippen molar-refractivity contribution in [1.29, 1.82) is 0 Å². The van der Waals surface area contributed by atoms with Crippen LogP contribution >= 0.6 is 0 Å². The summed E-state index contributed by atoms with van der Waals surface area (Å²) in [6.45, 7) is 1.32. The highest BCUT2D eigenvalue weighted by Gasteiger charge is 2.05. The zero-order valence-corrected chi connectivity index (χ0v) is 9.64. The minimum atomic E-state index is -1.16. The number of carbonyl (C=O) groups excluding carboxylic acids is 2. The van der Waals surface area contributed by atoms with Gasteiger partial charge in [-0.3, -0.25) is 9.59 Å². The van der Waals surface area contributed by atoms with Crippen LogP contribution < -0.4 is 11.1 Å². The van der Waals surface area contributed by atoms with Crippen molar-refractivity contribution in [2.75, 3.05) is 5.32 Å². The first-order chi connectivity index (χ1) is 8.40. The summed E-state index contributed by atoms with van der Waals surface area (Å²) in [5.41, 5.74) is 5.76. The lowest BCUT2D eigenvalue weighted by atomic mass is 10.2. The molecule has 1 aromatic rings. The molecule has 0 radical (unpaired) electrons. The van der Waals surface area contributed by atoms with Crippen LogP contribution in [0.5, 0.6) is 0 Å². The van der Waals surface area contributed by atoms with E-state index in [9.17, 15) is 14.4 Å². The number of benzene rings is 1. The van der Waals surface area contributed by atoms with E-state index in [0.717, 1.165) is 6.08 Å². The van der Waals surface area contributed by atoms with Crippen LogP contribution in [-0.2, 0) is 9.59 Å². The van der Waals surface area contributed by atoms with Gasteiger partial charge in [0, 0.05) is 22.9 Å². The lowest BCUT2D eigenvalue weighted by Crippen LogP contribution is -2.12. The molecule has 2 amide bonds. The highest BCUT2D eigenvalue weighted by Crippen LogP contribution is 2.09. The first kappa shape index (κ1) is 13.4. The van der Waals surface area contributed by atoms with Gasteiger partial charge in [0.1, 0.15) is 0 Å². The van der Waals surface area contributed by atoms with Gasteiger partial charge >= 0.3 is 5.97 Å². The Bertz CT molecular complexity index is 517. The van der Waals surface area contributed by atoms with Gasteiger partial charge in [-0.05, 0) is 31.2 Å². The third-order valence-electron chi connectivity index (χ3n) is 2.12. The van der Waals surface area contributed by atoms with E-state index >= 15 is 0 Å². The van der Waals surface area contributed by atoms with Gasteiger partial charge in [0.05, 0.1) is 0 Å². The van der Waals surface area contributed by atoms with E-state index in [2.05, 4.69) is 5.32 Å². The van der Waals surface area contributed by atoms with Crippen LogP contribution in [0.3, 0.4) is 0 Å². The number of carboxylic acid groups (broad SMARTS) is 1. The lowest BCUT2D eigenvalue weighted by molar-refractivity contribution is -0.132. The van der Waals surface area contributed by atoms with Gasteiger partial charge in [0.25, 0.3) is 0 Å². The summed E-state index contributed by atoms with van der Waals surface area (Å²) < 4.78 is 0. The Morgan fingerprint density at radius 1 is 1.22 bits per heavy atom. The van der Waals surface area contributed by atoms with Gasteiger partial charge in [0.15, 0.2) is 0 Å². The number of nitrogens with one attached hydrogen (secondary N) is 1. The first-order valence-electron chi connectivity index (χ1n) is 5.02. The van der Waals surface area contributed by atoms with Gasteiger partial charge in [-0.1, -0.05) is 0 Å². The second kappa shape index (κ2) is 5.62. The van der Waals surface area contributed by atoms with Crippen molar-refractivity contribution in [1.82, 2.24) is 0 Å². The molecule has 0 atom stereocenters. The predicted molar refractivity (Wildman–Crippen MR) is 65.0 cm³/mol. The lowest BCUT2D eigenvalue weighted by Gasteiger charge is -2.03. The molecule has 0 heterocycles. The van der Waals surface area contributed by atoms with Crippen LogP contribution in [-0.4, -0.2) is 22.9 Å². The highest BCUT2D eigenvalue weighted by molar-refractivity contribution is 6.04. The molecule has 0 fully saturated rings. The molecule has 0 aliphatic heterocycles. The van der Waals surface area contributed by atoms with Crippen LogP contribution in [0.2, 0.25) is 0 Å². The molecule has 0 bridgehead atoms. The van der Waals surface area contributed by atoms with Crippen molar-refractivity contribution in [2.45, 2.75) is 6.92 Å². The third-order valence-corrected chi connectivity index (χ3v) is 2.12. The van der Waals surface area contributed by atoms with Gasteiger partial charge in [0.2, 0.25) is 11.8 Å². The molecule has 0 unspecified atom stereocenters. The maximum absolute atomic E-state index is 11.4. The maximum atomic E-state index is 11.4. The molecule has 6 heteroatoms. The number of anilines is 1. The molecule has 94 valence electrons. The Labute approximate surface area is 103 Å². The van der Waals surface area contributed by atoms with E-state index in [-0.39, 0.29) is 5.57 Å². The third kappa shape index (κ3) is 3.75. The van der Waals surface area contributed by atoms with E-state index < -0.39 is 17.8 Å². The number of aliphatic carboxylic acids is 1. The number of carbonyl (C=O) groups is 3. The Kier molecular flexibility index (Phi) is 4.20. The normalized spacial score (nSPS) is 10.8.